The van der Waals surface area contributed by atoms with Gasteiger partial charge >= 0.3 is 0 Å². The van der Waals surface area contributed by atoms with E-state index in [2.05, 4.69) is 9.97 Å². The van der Waals surface area contributed by atoms with Gasteiger partial charge in [-0.25, -0.2) is 4.98 Å². The van der Waals surface area contributed by atoms with Gasteiger partial charge in [0.1, 0.15) is 11.3 Å². The highest BCUT2D eigenvalue weighted by molar-refractivity contribution is 5.43. The molecule has 0 aromatic carbocycles. The standard InChI is InChI=1S/C15H21N3O2/c1-15(2,20)11-5-3-10(4-6-11)13-17-9-12-14(19)16-7-8-18(12)13/h7-11,20H,3-6H2,1-2H3,(H,16,19). The number of aromatic nitrogens is 3. The van der Waals surface area contributed by atoms with Gasteiger partial charge in [-0.3, -0.25) is 9.20 Å². The Morgan fingerprint density at radius 3 is 2.70 bits per heavy atom. The van der Waals surface area contributed by atoms with Crippen molar-refractivity contribution < 1.29 is 5.11 Å². The number of nitrogens with zero attached hydrogens (tertiary/aromatic N) is 2. The van der Waals surface area contributed by atoms with Crippen molar-refractivity contribution in [3.8, 4) is 0 Å². The largest absolute Gasteiger partial charge is 0.390 e. The molecule has 2 aromatic heterocycles. The molecule has 1 fully saturated rings. The number of hydrogen-bond donors (Lipinski definition) is 2. The number of nitrogens with one attached hydrogen (secondary N) is 1. The average molecular weight is 275 g/mol. The van der Waals surface area contributed by atoms with Crippen molar-refractivity contribution in [1.82, 2.24) is 14.4 Å². The van der Waals surface area contributed by atoms with E-state index in [1.165, 1.54) is 0 Å². The number of fused-ring (bicyclic) bond motifs is 1. The first kappa shape index (κ1) is 13.4. The molecule has 108 valence electrons. The maximum Gasteiger partial charge on any atom is 0.273 e. The van der Waals surface area contributed by atoms with Gasteiger partial charge in [0.15, 0.2) is 0 Å². The first-order valence-electron chi connectivity index (χ1n) is 7.24. The highest BCUT2D eigenvalue weighted by Gasteiger charge is 2.33. The monoisotopic (exact) mass is 275 g/mol. The molecule has 0 bridgehead atoms. The zero-order chi connectivity index (χ0) is 14.3. The lowest BCUT2D eigenvalue weighted by atomic mass is 9.74. The molecule has 1 saturated carbocycles. The first-order valence-corrected chi connectivity index (χ1v) is 7.24. The van der Waals surface area contributed by atoms with E-state index in [9.17, 15) is 9.90 Å². The molecule has 5 heteroatoms. The predicted molar refractivity (Wildman–Crippen MR) is 76.8 cm³/mol. The molecule has 1 aliphatic carbocycles. The summed E-state index contributed by atoms with van der Waals surface area (Å²) in [6.07, 6.45) is 9.21. The summed E-state index contributed by atoms with van der Waals surface area (Å²) in [5.41, 5.74) is -0.0971. The maximum atomic E-state index is 11.7. The molecule has 2 N–H and O–H groups in total. The fourth-order valence-electron chi connectivity index (χ4n) is 3.32. The minimum atomic E-state index is -0.600. The van der Waals surface area contributed by atoms with Crippen molar-refractivity contribution >= 4 is 5.52 Å². The third-order valence-corrected chi connectivity index (χ3v) is 4.59. The van der Waals surface area contributed by atoms with Crippen LogP contribution in [0, 0.1) is 5.92 Å². The number of imidazole rings is 1. The van der Waals surface area contributed by atoms with Crippen LogP contribution in [0.1, 0.15) is 51.3 Å². The average Bonchev–Trinajstić information content (AvgIpc) is 2.83. The van der Waals surface area contributed by atoms with Crippen molar-refractivity contribution in [3.63, 3.8) is 0 Å². The number of aliphatic hydroxyl groups is 1. The van der Waals surface area contributed by atoms with Gasteiger partial charge in [-0.05, 0) is 45.4 Å². The van der Waals surface area contributed by atoms with Gasteiger partial charge in [0.25, 0.3) is 5.56 Å². The normalized spacial score (nSPS) is 24.1. The minimum absolute atomic E-state index is 0.101. The molecule has 1 aliphatic rings. The Hall–Kier alpha value is -1.62. The SMILES string of the molecule is CC(C)(O)C1CCC(c2ncc3c(=O)[nH]ccn23)CC1. The zero-order valence-corrected chi connectivity index (χ0v) is 12.0. The summed E-state index contributed by atoms with van der Waals surface area (Å²) in [5.74, 6) is 1.70. The third-order valence-electron chi connectivity index (χ3n) is 4.59. The molecule has 0 amide bonds. The Balaban J connectivity index is 1.84. The summed E-state index contributed by atoms with van der Waals surface area (Å²) < 4.78 is 1.90. The van der Waals surface area contributed by atoms with E-state index in [-0.39, 0.29) is 5.56 Å². The molecule has 0 saturated heterocycles. The number of hydrogen-bond acceptors (Lipinski definition) is 3. The van der Waals surface area contributed by atoms with Crippen LogP contribution in [-0.2, 0) is 0 Å². The number of rotatable bonds is 2. The Kier molecular flexibility index (Phi) is 3.17. The number of aromatic amines is 1. The lowest BCUT2D eigenvalue weighted by Crippen LogP contribution is -2.33. The third kappa shape index (κ3) is 2.26. The second-order valence-electron chi connectivity index (χ2n) is 6.36. The van der Waals surface area contributed by atoms with Crippen LogP contribution in [0.15, 0.2) is 23.4 Å². The molecule has 2 heterocycles. The summed E-state index contributed by atoms with van der Waals surface area (Å²) in [5, 5.41) is 10.1. The van der Waals surface area contributed by atoms with E-state index < -0.39 is 5.60 Å². The van der Waals surface area contributed by atoms with Gasteiger partial charge in [-0.1, -0.05) is 0 Å². The molecule has 0 radical (unpaired) electrons. The van der Waals surface area contributed by atoms with E-state index in [1.54, 1.807) is 12.4 Å². The molecule has 2 aromatic rings. The smallest absolute Gasteiger partial charge is 0.273 e. The van der Waals surface area contributed by atoms with Gasteiger partial charge in [-0.15, -0.1) is 0 Å². The van der Waals surface area contributed by atoms with Crippen LogP contribution in [0.2, 0.25) is 0 Å². The van der Waals surface area contributed by atoms with Crippen molar-refractivity contribution in [3.05, 3.63) is 34.8 Å². The molecular formula is C15H21N3O2. The maximum absolute atomic E-state index is 11.7. The van der Waals surface area contributed by atoms with Crippen molar-refractivity contribution in [2.45, 2.75) is 51.0 Å². The molecule has 5 nitrogen and oxygen atoms in total. The summed E-state index contributed by atoms with van der Waals surface area (Å²) in [6.45, 7) is 3.78. The summed E-state index contributed by atoms with van der Waals surface area (Å²) >= 11 is 0. The van der Waals surface area contributed by atoms with Crippen LogP contribution in [-0.4, -0.2) is 25.1 Å². The van der Waals surface area contributed by atoms with Crippen molar-refractivity contribution in [1.29, 1.82) is 0 Å². The fraction of sp³-hybridized carbons (Fsp3) is 0.600. The van der Waals surface area contributed by atoms with E-state index in [1.807, 2.05) is 24.4 Å². The van der Waals surface area contributed by atoms with Crippen LogP contribution in [0.4, 0.5) is 0 Å². The van der Waals surface area contributed by atoms with Gasteiger partial charge in [0.05, 0.1) is 11.8 Å². The first-order chi connectivity index (χ1) is 9.47. The van der Waals surface area contributed by atoms with Gasteiger partial charge in [-0.2, -0.15) is 0 Å². The Morgan fingerprint density at radius 1 is 1.35 bits per heavy atom. The second-order valence-corrected chi connectivity index (χ2v) is 6.36. The summed E-state index contributed by atoms with van der Waals surface area (Å²) in [7, 11) is 0. The minimum Gasteiger partial charge on any atom is -0.390 e. The van der Waals surface area contributed by atoms with Crippen LogP contribution < -0.4 is 5.56 Å². The van der Waals surface area contributed by atoms with Crippen LogP contribution in [0.3, 0.4) is 0 Å². The fourth-order valence-corrected chi connectivity index (χ4v) is 3.32. The molecule has 0 spiro atoms. The van der Waals surface area contributed by atoms with Gasteiger partial charge in [0.2, 0.25) is 0 Å². The summed E-state index contributed by atoms with van der Waals surface area (Å²) in [4.78, 5) is 18.8. The molecule has 20 heavy (non-hydrogen) atoms. The molecule has 0 aliphatic heterocycles. The Labute approximate surface area is 117 Å². The molecule has 3 rings (SSSR count). The Morgan fingerprint density at radius 2 is 2.05 bits per heavy atom. The topological polar surface area (TPSA) is 70.4 Å². The van der Waals surface area contributed by atoms with Gasteiger partial charge in [0, 0.05) is 18.3 Å². The second kappa shape index (κ2) is 4.74. The highest BCUT2D eigenvalue weighted by atomic mass is 16.3. The zero-order valence-electron chi connectivity index (χ0n) is 12.0. The van der Waals surface area contributed by atoms with Crippen LogP contribution in [0.25, 0.3) is 5.52 Å². The predicted octanol–water partition coefficient (Wildman–Crippen LogP) is 2.07. The van der Waals surface area contributed by atoms with E-state index in [4.69, 9.17) is 0 Å². The molecule has 0 atom stereocenters. The van der Waals surface area contributed by atoms with Crippen molar-refractivity contribution in [2.24, 2.45) is 5.92 Å². The molecular weight excluding hydrogens is 254 g/mol. The summed E-state index contributed by atoms with van der Waals surface area (Å²) in [6, 6.07) is 0. The lowest BCUT2D eigenvalue weighted by Gasteiger charge is -2.35. The highest BCUT2D eigenvalue weighted by Crippen LogP contribution is 2.39. The van der Waals surface area contributed by atoms with Crippen molar-refractivity contribution in [2.75, 3.05) is 0 Å². The van der Waals surface area contributed by atoms with Crippen LogP contribution >= 0.6 is 0 Å². The lowest BCUT2D eigenvalue weighted by molar-refractivity contribution is -0.00192. The molecule has 0 unspecified atom stereocenters. The van der Waals surface area contributed by atoms with E-state index in [0.29, 0.717) is 17.4 Å². The Bertz CT molecular complexity index is 658. The number of H-pyrrole nitrogens is 1. The quantitative estimate of drug-likeness (QED) is 0.881. The van der Waals surface area contributed by atoms with Gasteiger partial charge < -0.3 is 10.1 Å². The van der Waals surface area contributed by atoms with E-state index in [0.717, 1.165) is 31.5 Å². The van der Waals surface area contributed by atoms with Crippen LogP contribution in [0.5, 0.6) is 0 Å². The van der Waals surface area contributed by atoms with E-state index >= 15 is 0 Å².